The second-order valence-electron chi connectivity index (χ2n) is 6.92. The molecule has 6 nitrogen and oxygen atoms in total. The van der Waals surface area contributed by atoms with Crippen molar-refractivity contribution < 1.29 is 13.2 Å². The van der Waals surface area contributed by atoms with E-state index >= 15 is 0 Å². The van der Waals surface area contributed by atoms with Crippen molar-refractivity contribution in [2.75, 3.05) is 23.3 Å². The van der Waals surface area contributed by atoms with Gasteiger partial charge in [-0.25, -0.2) is 13.4 Å². The molecule has 1 fully saturated rings. The summed E-state index contributed by atoms with van der Waals surface area (Å²) in [7, 11) is -2.30. The highest BCUT2D eigenvalue weighted by molar-refractivity contribution is 7.92. The van der Waals surface area contributed by atoms with E-state index < -0.39 is 10.0 Å². The van der Waals surface area contributed by atoms with Gasteiger partial charge in [-0.3, -0.25) is 4.72 Å². The zero-order valence-corrected chi connectivity index (χ0v) is 16.9. The average Bonchev–Trinajstić information content (AvgIpc) is 2.68. The lowest BCUT2D eigenvalue weighted by Gasteiger charge is -2.36. The second kappa shape index (κ2) is 8.17. The maximum Gasteiger partial charge on any atom is 0.265 e. The van der Waals surface area contributed by atoms with E-state index in [-0.39, 0.29) is 4.90 Å². The predicted molar refractivity (Wildman–Crippen MR) is 108 cm³/mol. The van der Waals surface area contributed by atoms with Gasteiger partial charge < -0.3 is 9.64 Å². The Bertz CT molecular complexity index is 882. The number of methoxy groups -OCH3 is 1. The van der Waals surface area contributed by atoms with Crippen LogP contribution >= 0.6 is 0 Å². The highest BCUT2D eigenvalue weighted by Gasteiger charge is 2.23. The van der Waals surface area contributed by atoms with Gasteiger partial charge in [0.15, 0.2) is 0 Å². The number of benzene rings is 1. The summed E-state index contributed by atoms with van der Waals surface area (Å²) in [4.78, 5) is 6.95. The fourth-order valence-corrected chi connectivity index (χ4v) is 4.85. The van der Waals surface area contributed by atoms with Crippen molar-refractivity contribution in [1.29, 1.82) is 0 Å². The van der Waals surface area contributed by atoms with Crippen LogP contribution in [0.4, 0.5) is 11.5 Å². The van der Waals surface area contributed by atoms with E-state index in [4.69, 9.17) is 4.74 Å². The fourth-order valence-electron chi connectivity index (χ4n) is 3.55. The van der Waals surface area contributed by atoms with Crippen molar-refractivity contribution in [3.05, 3.63) is 42.1 Å². The van der Waals surface area contributed by atoms with Crippen LogP contribution in [0.15, 0.2) is 41.4 Å². The van der Waals surface area contributed by atoms with E-state index in [1.807, 2.05) is 19.1 Å². The lowest BCUT2D eigenvalue weighted by molar-refractivity contribution is 0.402. The minimum absolute atomic E-state index is 0.121. The molecule has 0 spiro atoms. The van der Waals surface area contributed by atoms with Crippen LogP contribution in [0.2, 0.25) is 0 Å². The van der Waals surface area contributed by atoms with Crippen LogP contribution in [0, 0.1) is 6.92 Å². The number of aryl methyl sites for hydroxylation is 1. The molecule has 0 saturated carbocycles. The largest absolute Gasteiger partial charge is 0.495 e. The Morgan fingerprint density at radius 2 is 2.07 bits per heavy atom. The maximum atomic E-state index is 12.8. The number of nitrogens with zero attached hydrogens (tertiary/aromatic N) is 2. The topological polar surface area (TPSA) is 71.5 Å². The summed E-state index contributed by atoms with van der Waals surface area (Å²) in [6, 6.07) is 9.24. The monoisotopic (exact) mass is 389 g/mol. The van der Waals surface area contributed by atoms with E-state index in [0.717, 1.165) is 24.3 Å². The molecule has 2 aromatic rings. The van der Waals surface area contributed by atoms with E-state index in [0.29, 0.717) is 17.5 Å². The SMILES string of the molecule is CCC1CCCCN1c1ccc(NS(=O)(=O)c2cc(C)ccc2OC)cn1. The molecule has 2 heterocycles. The molecule has 146 valence electrons. The molecule has 1 unspecified atom stereocenters. The summed E-state index contributed by atoms with van der Waals surface area (Å²) in [6.07, 6.45) is 6.27. The highest BCUT2D eigenvalue weighted by Crippen LogP contribution is 2.28. The first-order valence-corrected chi connectivity index (χ1v) is 10.8. The number of piperidine rings is 1. The van der Waals surface area contributed by atoms with E-state index in [9.17, 15) is 8.42 Å². The Morgan fingerprint density at radius 3 is 2.74 bits per heavy atom. The molecule has 0 aliphatic carbocycles. The van der Waals surface area contributed by atoms with Crippen LogP contribution in [0.1, 0.15) is 38.2 Å². The lowest BCUT2D eigenvalue weighted by atomic mass is 10.00. The molecular formula is C20H27N3O3S. The number of rotatable bonds is 6. The van der Waals surface area contributed by atoms with Gasteiger partial charge in [0.1, 0.15) is 16.5 Å². The van der Waals surface area contributed by atoms with Crippen molar-refractivity contribution in [1.82, 2.24) is 4.98 Å². The molecule has 1 N–H and O–H groups in total. The predicted octanol–water partition coefficient (Wildman–Crippen LogP) is 3.97. The van der Waals surface area contributed by atoms with Crippen molar-refractivity contribution in [3.8, 4) is 5.75 Å². The average molecular weight is 390 g/mol. The van der Waals surface area contributed by atoms with Gasteiger partial charge in [-0.1, -0.05) is 13.0 Å². The number of aromatic nitrogens is 1. The first-order valence-electron chi connectivity index (χ1n) is 9.34. The molecule has 1 atom stereocenters. The number of pyridine rings is 1. The third-order valence-electron chi connectivity index (χ3n) is 5.00. The fraction of sp³-hybridized carbons (Fsp3) is 0.450. The number of hydrogen-bond donors (Lipinski definition) is 1. The number of nitrogens with one attached hydrogen (secondary N) is 1. The van der Waals surface area contributed by atoms with Crippen molar-refractivity contribution in [3.63, 3.8) is 0 Å². The molecule has 3 rings (SSSR count). The summed E-state index contributed by atoms with van der Waals surface area (Å²) in [6.45, 7) is 5.04. The van der Waals surface area contributed by atoms with Gasteiger partial charge in [0.2, 0.25) is 0 Å². The Kier molecular flexibility index (Phi) is 5.89. The van der Waals surface area contributed by atoms with E-state index in [1.54, 1.807) is 24.4 Å². The number of ether oxygens (including phenoxy) is 1. The van der Waals surface area contributed by atoms with Crippen molar-refractivity contribution in [2.45, 2.75) is 50.5 Å². The number of anilines is 2. The molecule has 1 saturated heterocycles. The Hall–Kier alpha value is -2.28. The van der Waals surface area contributed by atoms with Crippen molar-refractivity contribution in [2.24, 2.45) is 0 Å². The summed E-state index contributed by atoms with van der Waals surface area (Å²) in [5.74, 6) is 1.22. The maximum absolute atomic E-state index is 12.8. The molecule has 1 aliphatic heterocycles. The number of hydrogen-bond acceptors (Lipinski definition) is 5. The quantitative estimate of drug-likeness (QED) is 0.809. The minimum atomic E-state index is -3.76. The molecular weight excluding hydrogens is 362 g/mol. The van der Waals surface area contributed by atoms with E-state index in [1.165, 1.54) is 26.4 Å². The van der Waals surface area contributed by atoms with Gasteiger partial charge >= 0.3 is 0 Å². The Labute approximate surface area is 161 Å². The van der Waals surface area contributed by atoms with Crippen LogP contribution in [0.5, 0.6) is 5.75 Å². The number of sulfonamides is 1. The molecule has 0 amide bonds. The van der Waals surface area contributed by atoms with Crippen LogP contribution in [-0.2, 0) is 10.0 Å². The van der Waals surface area contributed by atoms with Crippen LogP contribution in [-0.4, -0.2) is 33.1 Å². The first kappa shape index (κ1) is 19.5. The van der Waals surface area contributed by atoms with E-state index in [2.05, 4.69) is 21.5 Å². The second-order valence-corrected chi connectivity index (χ2v) is 8.57. The summed E-state index contributed by atoms with van der Waals surface area (Å²) in [5.41, 5.74) is 1.28. The van der Waals surface area contributed by atoms with Crippen LogP contribution < -0.4 is 14.4 Å². The zero-order chi connectivity index (χ0) is 19.4. The van der Waals surface area contributed by atoms with Gasteiger partial charge in [-0.15, -0.1) is 0 Å². The third kappa shape index (κ3) is 4.35. The highest BCUT2D eigenvalue weighted by atomic mass is 32.2. The molecule has 7 heteroatoms. The standard InChI is InChI=1S/C20H27N3O3S/c1-4-17-7-5-6-12-23(17)20-11-9-16(14-21-20)22-27(24,25)19-13-15(2)8-10-18(19)26-3/h8-11,13-14,17,22H,4-7,12H2,1-3H3. The summed E-state index contributed by atoms with van der Waals surface area (Å²) >= 11 is 0. The normalized spacial score (nSPS) is 17.6. The van der Waals surface area contributed by atoms with Crippen molar-refractivity contribution >= 4 is 21.5 Å². The van der Waals surface area contributed by atoms with Gasteiger partial charge in [-0.2, -0.15) is 0 Å². The van der Waals surface area contributed by atoms with Gasteiger partial charge in [0.05, 0.1) is 19.0 Å². The Morgan fingerprint density at radius 1 is 1.26 bits per heavy atom. The smallest absolute Gasteiger partial charge is 0.265 e. The third-order valence-corrected chi connectivity index (χ3v) is 6.40. The minimum Gasteiger partial charge on any atom is -0.495 e. The molecule has 0 bridgehead atoms. The first-order chi connectivity index (χ1) is 12.9. The van der Waals surface area contributed by atoms with Crippen LogP contribution in [0.25, 0.3) is 0 Å². The Balaban J connectivity index is 1.81. The van der Waals surface area contributed by atoms with Crippen LogP contribution in [0.3, 0.4) is 0 Å². The molecule has 1 aliphatic rings. The van der Waals surface area contributed by atoms with Gasteiger partial charge in [0, 0.05) is 12.6 Å². The molecule has 0 radical (unpaired) electrons. The van der Waals surface area contributed by atoms with Gasteiger partial charge in [-0.05, 0) is 62.4 Å². The lowest BCUT2D eigenvalue weighted by Crippen LogP contribution is -2.39. The zero-order valence-electron chi connectivity index (χ0n) is 16.1. The molecule has 27 heavy (non-hydrogen) atoms. The van der Waals surface area contributed by atoms with Gasteiger partial charge in [0.25, 0.3) is 10.0 Å². The summed E-state index contributed by atoms with van der Waals surface area (Å²) < 4.78 is 33.4. The molecule has 1 aromatic heterocycles. The molecule has 1 aromatic carbocycles. The summed E-state index contributed by atoms with van der Waals surface area (Å²) in [5, 5.41) is 0.